The molecule has 3 fully saturated rings. The van der Waals surface area contributed by atoms with Crippen LogP contribution in [0.3, 0.4) is 0 Å². The van der Waals surface area contributed by atoms with E-state index in [2.05, 4.69) is 16.0 Å². The summed E-state index contributed by atoms with van der Waals surface area (Å²) in [5.74, 6) is -5.54. The maximum atomic E-state index is 14.0. The van der Waals surface area contributed by atoms with Crippen molar-refractivity contribution in [2.45, 2.75) is 176 Å². The molecule has 6 atom stereocenters. The normalized spacial score (nSPS) is 19.6. The van der Waals surface area contributed by atoms with Gasteiger partial charge in [0.25, 0.3) is 17.7 Å². The van der Waals surface area contributed by atoms with Crippen LogP contribution in [0.1, 0.15) is 190 Å². The standard InChI is InChI=1S/C30H36ClN3O4.C29H35ClN4O3.C29H34ClN3O4.Li.H2O/c1-19(2)18-23(30(29(37)38-4)16-8-5-9-17-30)27(35)33-26-28(36)34(3)24-11-7-6-10-22(24)25(32-26)20-12-14-21(31)15-13-20;1-18(2)17-22(29(28(31)37)15-7-4-8-16-29)26(35)33-25-27(36)34(3)23-10-6-5-9-21(23)24(32-25)19-11-13-20(30)14-12-19;1-18(2)17-22(29(28(36)37)15-7-4-8-16-29)26(34)32-25-27(35)33(3)23-10-6-5-9-21(23)24(31-25)19-11-13-20(30)14-12-19;;/h6-7,10-15,19,23,26H,5,8-9,16-18H2,1-4H3,(H,33,35);5-6,9-14,18,22,25H,4,7-8,15-17H2,1-3H3,(H2,31,37)(H,33,35);5-6,9-14,18,22,25H,4,7-8,15-17H2,1-3H3,(H,32,34)(H,36,37);;1H2/q;;;+1;/p-1. The van der Waals surface area contributed by atoms with Gasteiger partial charge in [0, 0.05) is 69.6 Å². The van der Waals surface area contributed by atoms with Crippen molar-refractivity contribution in [1.29, 1.82) is 0 Å². The third-order valence-corrected chi connectivity index (χ3v) is 23.8. The molecule has 6 aliphatic rings. The number of halogens is 3. The molecule has 0 bridgehead atoms. The fourth-order valence-corrected chi connectivity index (χ4v) is 17.5. The van der Waals surface area contributed by atoms with Crippen molar-refractivity contribution in [1.82, 2.24) is 16.0 Å². The van der Waals surface area contributed by atoms with Gasteiger partial charge in [0.05, 0.1) is 75.3 Å². The number of nitrogens with one attached hydrogen (secondary N) is 3. The number of para-hydroxylation sites is 3. The molecule has 6 aromatic rings. The number of carbonyl (C=O) groups is 9. The molecule has 3 aliphatic carbocycles. The third-order valence-electron chi connectivity index (χ3n) is 23.0. The van der Waals surface area contributed by atoms with Gasteiger partial charge in [-0.25, -0.2) is 15.0 Å². The number of hydrogen-bond donors (Lipinski definition) is 5. The van der Waals surface area contributed by atoms with Crippen LogP contribution in [0.5, 0.6) is 0 Å². The first-order chi connectivity index (χ1) is 53.4. The summed E-state index contributed by atoms with van der Waals surface area (Å²) in [4.78, 5) is 140. The van der Waals surface area contributed by atoms with Gasteiger partial charge in [0.2, 0.25) is 42.1 Å². The van der Waals surface area contributed by atoms with Crippen LogP contribution in [0.4, 0.5) is 17.1 Å². The Bertz CT molecular complexity index is 4350. The third kappa shape index (κ3) is 20.3. The molecule has 22 nitrogen and oxygen atoms in total. The Kier molecular flexibility index (Phi) is 31.8. The smallest absolute Gasteiger partial charge is 0.870 e. The number of fused-ring (bicyclic) bond motifs is 3. The molecule has 0 saturated heterocycles. The number of methoxy groups -OCH3 is 1. The minimum absolute atomic E-state index is 0. The van der Waals surface area contributed by atoms with Crippen LogP contribution in [0.15, 0.2) is 161 Å². The average Bonchev–Trinajstić information content (AvgIpc) is 1.38. The van der Waals surface area contributed by atoms with Gasteiger partial charge in [-0.15, -0.1) is 0 Å². The Balaban J connectivity index is 0.000000212. The maximum Gasteiger partial charge on any atom is 1.00 e. The summed E-state index contributed by atoms with van der Waals surface area (Å²) < 4.78 is 5.25. The van der Waals surface area contributed by atoms with E-state index >= 15 is 0 Å². The Morgan fingerprint density at radius 3 is 0.956 bits per heavy atom. The molecule has 3 saturated carbocycles. The van der Waals surface area contributed by atoms with Crippen LogP contribution < -0.4 is 55.2 Å². The monoisotopic (exact) mass is 1610 g/mol. The number of amides is 7. The molecule has 6 unspecified atom stereocenters. The number of anilines is 3. The van der Waals surface area contributed by atoms with Crippen LogP contribution in [0, 0.1) is 51.8 Å². The van der Waals surface area contributed by atoms with Gasteiger partial charge in [-0.2, -0.15) is 0 Å². The number of rotatable bonds is 21. The van der Waals surface area contributed by atoms with Gasteiger partial charge >= 0.3 is 30.8 Å². The number of carbonyl (C=O) groups excluding carboxylic acids is 8. The number of nitrogens with two attached hydrogens (primary N) is 1. The molecule has 602 valence electrons. The Hall–Kier alpha value is -9.01. The number of aliphatic carboxylic acids is 1. The number of benzodiazepines with no additional fused rings is 3. The van der Waals surface area contributed by atoms with Gasteiger partial charge in [-0.3, -0.25) is 43.2 Å². The number of esters is 1. The molecule has 6 aromatic carbocycles. The molecule has 0 aromatic heterocycles. The maximum absolute atomic E-state index is 14.0. The molecule has 7 N–H and O–H groups in total. The predicted molar refractivity (Wildman–Crippen MR) is 443 cm³/mol. The molecule has 3 heterocycles. The summed E-state index contributed by atoms with van der Waals surface area (Å²) in [6, 6.07) is 44.1. The van der Waals surface area contributed by atoms with Crippen molar-refractivity contribution in [3.05, 3.63) is 194 Å². The second-order valence-corrected chi connectivity index (χ2v) is 33.1. The first kappa shape index (κ1) is 90.5. The SMILES string of the molecule is CC(C)CC(C(=O)NC1N=C(c2ccc(Cl)cc2)c2ccccc2N(C)C1=O)C1(C(=O)O)CCCCC1.CC(C)CC(C(=O)NC1N=C(c2ccc(Cl)cc2)c2ccccc2N(C)C1=O)C1(C(N)=O)CCCCC1.COC(=O)C1(C(CC(C)C)C(=O)NC2N=C(c3ccc(Cl)cc3)c3ccccc3N(C)C2=O)CCCCC1.[Li+].[OH-]. The number of hydrogen-bond acceptors (Lipinski definition) is 14. The number of carboxylic acid groups (broad SMARTS) is 1. The number of aliphatic imine (C=N–C) groups is 3. The van der Waals surface area contributed by atoms with E-state index in [9.17, 15) is 48.3 Å². The van der Waals surface area contributed by atoms with Gasteiger partial charge in [0.15, 0.2) is 0 Å². The van der Waals surface area contributed by atoms with E-state index in [1.54, 1.807) is 57.5 Å². The van der Waals surface area contributed by atoms with Gasteiger partial charge in [-0.05, 0) is 130 Å². The number of benzene rings is 6. The van der Waals surface area contributed by atoms with Crippen molar-refractivity contribution >= 4 is 122 Å². The van der Waals surface area contributed by atoms with Crippen molar-refractivity contribution in [2.24, 2.45) is 72.5 Å². The van der Waals surface area contributed by atoms with Crippen LogP contribution >= 0.6 is 34.8 Å². The molecular formula is C88H106Cl3LiN10O12. The number of primary amides is 1. The summed E-state index contributed by atoms with van der Waals surface area (Å²) in [6.45, 7) is 12.1. The first-order valence-electron chi connectivity index (χ1n) is 39.1. The van der Waals surface area contributed by atoms with Crippen molar-refractivity contribution < 1.29 is 77.3 Å². The van der Waals surface area contributed by atoms with E-state index in [1.807, 2.05) is 151 Å². The minimum atomic E-state index is -1.19. The zero-order valence-corrected chi connectivity index (χ0v) is 69.4. The predicted octanol–water partition coefficient (Wildman–Crippen LogP) is 12.2. The molecule has 12 rings (SSSR count). The summed E-state index contributed by atoms with van der Waals surface area (Å²) >= 11 is 18.4. The average molecular weight is 1610 g/mol. The van der Waals surface area contributed by atoms with Crippen LogP contribution in [-0.4, -0.2) is 128 Å². The van der Waals surface area contributed by atoms with E-state index in [4.69, 9.17) is 60.3 Å². The molecular weight excluding hydrogens is 1500 g/mol. The molecule has 26 heteroatoms. The van der Waals surface area contributed by atoms with E-state index in [0.29, 0.717) is 107 Å². The topological polar surface area (TPSA) is 322 Å². The summed E-state index contributed by atoms with van der Waals surface area (Å²) in [6.07, 6.45) is 9.13. The van der Waals surface area contributed by atoms with Crippen molar-refractivity contribution in [2.75, 3.05) is 43.0 Å². The Labute approximate surface area is 696 Å². The molecule has 7 amide bonds. The van der Waals surface area contributed by atoms with Crippen molar-refractivity contribution in [3.8, 4) is 0 Å². The first-order valence-corrected chi connectivity index (χ1v) is 40.2. The second kappa shape index (κ2) is 40.0. The second-order valence-electron chi connectivity index (χ2n) is 31.8. The zero-order valence-electron chi connectivity index (χ0n) is 67.2. The number of ether oxygens (including phenoxy) is 1. The Morgan fingerprint density at radius 2 is 0.693 bits per heavy atom. The number of nitrogens with zero attached hydrogens (tertiary/aromatic N) is 6. The minimum Gasteiger partial charge on any atom is -0.870 e. The van der Waals surface area contributed by atoms with Gasteiger partial charge in [-0.1, -0.05) is 225 Å². The number of carboxylic acids is 1. The zero-order chi connectivity index (χ0) is 80.9. The van der Waals surface area contributed by atoms with Crippen LogP contribution in [-0.2, 0) is 47.9 Å². The Morgan fingerprint density at radius 1 is 0.439 bits per heavy atom. The summed E-state index contributed by atoms with van der Waals surface area (Å²) in [5, 5.41) is 20.8. The molecule has 0 spiro atoms. The molecule has 0 radical (unpaired) electrons. The van der Waals surface area contributed by atoms with E-state index in [-0.39, 0.29) is 77.6 Å². The van der Waals surface area contributed by atoms with Crippen LogP contribution in [0.2, 0.25) is 15.1 Å². The van der Waals surface area contributed by atoms with Gasteiger partial charge in [0.1, 0.15) is 0 Å². The molecule has 114 heavy (non-hydrogen) atoms. The fraction of sp³-hybridized carbons (Fsp3) is 0.455. The fourth-order valence-electron chi connectivity index (χ4n) is 17.2. The number of likely N-dealkylation sites (N-methyl/N-ethyl adjacent to an activating group) is 3. The summed E-state index contributed by atoms with van der Waals surface area (Å²) in [7, 11) is 6.40. The van der Waals surface area contributed by atoms with E-state index in [0.717, 1.165) is 91.2 Å². The quantitative estimate of drug-likeness (QED) is 0.0332. The summed E-state index contributed by atoms with van der Waals surface area (Å²) in [5.41, 5.74) is 11.4. The van der Waals surface area contributed by atoms with Crippen LogP contribution in [0.25, 0.3) is 0 Å². The van der Waals surface area contributed by atoms with Gasteiger partial charge < -0.3 is 51.7 Å². The molecule has 3 aliphatic heterocycles. The van der Waals surface area contributed by atoms with E-state index < -0.39 is 70.3 Å². The van der Waals surface area contributed by atoms with Crippen molar-refractivity contribution in [3.63, 3.8) is 0 Å². The largest absolute Gasteiger partial charge is 1.00 e. The van der Waals surface area contributed by atoms with E-state index in [1.165, 1.54) is 21.8 Å².